The molecule has 1 heterocycles. The van der Waals surface area contributed by atoms with Crippen molar-refractivity contribution in [3.63, 3.8) is 0 Å². The van der Waals surface area contributed by atoms with E-state index in [4.69, 9.17) is 0 Å². The number of nitrogens with zero attached hydrogens (tertiary/aromatic N) is 2. The van der Waals surface area contributed by atoms with Gasteiger partial charge in [-0.15, -0.1) is 0 Å². The van der Waals surface area contributed by atoms with Crippen molar-refractivity contribution >= 4 is 11.6 Å². The van der Waals surface area contributed by atoms with Crippen LogP contribution < -0.4 is 10.2 Å². The number of hydrogen-bond donors (Lipinski definition) is 1. The van der Waals surface area contributed by atoms with Crippen LogP contribution in [0.15, 0.2) is 42.6 Å². The van der Waals surface area contributed by atoms with Gasteiger partial charge in [0.05, 0.1) is 6.54 Å². The highest BCUT2D eigenvalue weighted by Crippen LogP contribution is 2.12. The molecule has 1 N–H and O–H groups in total. The summed E-state index contributed by atoms with van der Waals surface area (Å²) in [5.41, 5.74) is 2.84. The standard InChI is InChI=1S/C15H19N3O/c1-17(2)13-8-6-12(7-9-13)15(19)16-11-14-5-4-10-18(14)3/h4-10H,11H2,1-3H3,(H,16,19). The van der Waals surface area contributed by atoms with Crippen molar-refractivity contribution in [1.29, 1.82) is 0 Å². The van der Waals surface area contributed by atoms with Crippen LogP contribution in [-0.2, 0) is 13.6 Å². The van der Waals surface area contributed by atoms with E-state index in [-0.39, 0.29) is 5.91 Å². The Kier molecular flexibility index (Phi) is 3.90. The largest absolute Gasteiger partial charge is 0.378 e. The Morgan fingerprint density at radius 3 is 2.42 bits per heavy atom. The molecule has 1 aromatic carbocycles. The van der Waals surface area contributed by atoms with Crippen LogP contribution in [0.1, 0.15) is 16.1 Å². The summed E-state index contributed by atoms with van der Waals surface area (Å²) in [6.07, 6.45) is 1.97. The Bertz CT molecular complexity index is 555. The summed E-state index contributed by atoms with van der Waals surface area (Å²) in [6.45, 7) is 0.539. The minimum atomic E-state index is -0.0495. The Labute approximate surface area is 113 Å². The summed E-state index contributed by atoms with van der Waals surface area (Å²) < 4.78 is 2.00. The molecule has 0 aliphatic carbocycles. The summed E-state index contributed by atoms with van der Waals surface area (Å²) in [5.74, 6) is -0.0495. The van der Waals surface area contributed by atoms with Gasteiger partial charge in [0.1, 0.15) is 0 Å². The molecule has 0 radical (unpaired) electrons. The average Bonchev–Trinajstić information content (AvgIpc) is 2.81. The number of nitrogens with one attached hydrogen (secondary N) is 1. The molecule has 100 valence electrons. The molecule has 1 amide bonds. The second-order valence-corrected chi connectivity index (χ2v) is 4.73. The summed E-state index contributed by atoms with van der Waals surface area (Å²) in [6, 6.07) is 11.5. The van der Waals surface area contributed by atoms with Gasteiger partial charge in [-0.25, -0.2) is 0 Å². The van der Waals surface area contributed by atoms with Gasteiger partial charge in [-0.3, -0.25) is 4.79 Å². The molecule has 4 heteroatoms. The van der Waals surface area contributed by atoms with Gasteiger partial charge in [-0.05, 0) is 36.4 Å². The first-order chi connectivity index (χ1) is 9.08. The van der Waals surface area contributed by atoms with Gasteiger partial charge in [0.25, 0.3) is 5.91 Å². The van der Waals surface area contributed by atoms with E-state index in [9.17, 15) is 4.79 Å². The SMILES string of the molecule is CN(C)c1ccc(C(=O)NCc2cccn2C)cc1. The van der Waals surface area contributed by atoms with Crippen LogP contribution in [0.5, 0.6) is 0 Å². The fourth-order valence-corrected chi connectivity index (χ4v) is 1.86. The van der Waals surface area contributed by atoms with Crippen LogP contribution in [0.3, 0.4) is 0 Å². The lowest BCUT2D eigenvalue weighted by Crippen LogP contribution is -2.23. The van der Waals surface area contributed by atoms with Crippen LogP contribution in [0.2, 0.25) is 0 Å². The van der Waals surface area contributed by atoms with E-state index < -0.39 is 0 Å². The average molecular weight is 257 g/mol. The lowest BCUT2D eigenvalue weighted by molar-refractivity contribution is 0.0950. The van der Waals surface area contributed by atoms with Crippen LogP contribution in [0.25, 0.3) is 0 Å². The third-order valence-corrected chi connectivity index (χ3v) is 3.13. The smallest absolute Gasteiger partial charge is 0.251 e. The maximum atomic E-state index is 12.0. The zero-order valence-electron chi connectivity index (χ0n) is 11.6. The third-order valence-electron chi connectivity index (χ3n) is 3.13. The molecule has 0 unspecified atom stereocenters. The second kappa shape index (κ2) is 5.61. The molecule has 2 aromatic rings. The predicted octanol–water partition coefficient (Wildman–Crippen LogP) is 2.02. The molecule has 2 rings (SSSR count). The summed E-state index contributed by atoms with van der Waals surface area (Å²) in [5, 5.41) is 2.92. The molecular formula is C15H19N3O. The molecule has 0 bridgehead atoms. The van der Waals surface area contributed by atoms with E-state index in [2.05, 4.69) is 5.32 Å². The molecule has 0 saturated heterocycles. The van der Waals surface area contributed by atoms with Crippen molar-refractivity contribution in [2.45, 2.75) is 6.54 Å². The van der Waals surface area contributed by atoms with Gasteiger partial charge < -0.3 is 14.8 Å². The molecule has 0 spiro atoms. The lowest BCUT2D eigenvalue weighted by atomic mass is 10.2. The number of anilines is 1. The van der Waals surface area contributed by atoms with Crippen LogP contribution >= 0.6 is 0 Å². The number of rotatable bonds is 4. The molecular weight excluding hydrogens is 238 g/mol. The third kappa shape index (κ3) is 3.16. The molecule has 0 saturated carbocycles. The van der Waals surface area contributed by atoms with Gasteiger partial charge in [-0.1, -0.05) is 0 Å². The summed E-state index contributed by atoms with van der Waals surface area (Å²) in [7, 11) is 5.92. The zero-order chi connectivity index (χ0) is 13.8. The number of amides is 1. The van der Waals surface area contributed by atoms with Crippen LogP contribution in [0, 0.1) is 0 Å². The minimum absolute atomic E-state index is 0.0495. The maximum Gasteiger partial charge on any atom is 0.251 e. The van der Waals surface area contributed by atoms with E-state index in [1.54, 1.807) is 0 Å². The van der Waals surface area contributed by atoms with Gasteiger partial charge in [0.15, 0.2) is 0 Å². The van der Waals surface area contributed by atoms with Crippen molar-refractivity contribution in [2.24, 2.45) is 7.05 Å². The lowest BCUT2D eigenvalue weighted by Gasteiger charge is -2.12. The molecule has 19 heavy (non-hydrogen) atoms. The Balaban J connectivity index is 1.98. The summed E-state index contributed by atoms with van der Waals surface area (Å²) >= 11 is 0. The highest BCUT2D eigenvalue weighted by Gasteiger charge is 2.06. The van der Waals surface area contributed by atoms with E-state index in [0.717, 1.165) is 11.4 Å². The first-order valence-electron chi connectivity index (χ1n) is 6.23. The number of aryl methyl sites for hydroxylation is 1. The van der Waals surface area contributed by atoms with Gasteiger partial charge in [0.2, 0.25) is 0 Å². The monoisotopic (exact) mass is 257 g/mol. The first-order valence-corrected chi connectivity index (χ1v) is 6.23. The Morgan fingerprint density at radius 1 is 1.21 bits per heavy atom. The Morgan fingerprint density at radius 2 is 1.89 bits per heavy atom. The van der Waals surface area contributed by atoms with Crippen molar-refractivity contribution in [3.8, 4) is 0 Å². The summed E-state index contributed by atoms with van der Waals surface area (Å²) in [4.78, 5) is 14.0. The quantitative estimate of drug-likeness (QED) is 0.910. The van der Waals surface area contributed by atoms with Gasteiger partial charge in [0, 0.05) is 44.3 Å². The normalized spacial score (nSPS) is 10.3. The van der Waals surface area contributed by atoms with Gasteiger partial charge >= 0.3 is 0 Å². The fraction of sp³-hybridized carbons (Fsp3) is 0.267. The van der Waals surface area contributed by atoms with E-state index in [1.807, 2.05) is 73.2 Å². The number of carbonyl (C=O) groups excluding carboxylic acids is 1. The molecule has 1 aromatic heterocycles. The number of benzene rings is 1. The number of carbonyl (C=O) groups is 1. The number of aromatic nitrogens is 1. The second-order valence-electron chi connectivity index (χ2n) is 4.73. The molecule has 0 aliphatic heterocycles. The van der Waals surface area contributed by atoms with Gasteiger partial charge in [-0.2, -0.15) is 0 Å². The molecule has 0 atom stereocenters. The van der Waals surface area contributed by atoms with Crippen molar-refractivity contribution < 1.29 is 4.79 Å². The van der Waals surface area contributed by atoms with Crippen molar-refractivity contribution in [1.82, 2.24) is 9.88 Å². The molecule has 0 aliphatic rings. The van der Waals surface area contributed by atoms with Crippen molar-refractivity contribution in [2.75, 3.05) is 19.0 Å². The minimum Gasteiger partial charge on any atom is -0.378 e. The highest BCUT2D eigenvalue weighted by molar-refractivity contribution is 5.94. The maximum absolute atomic E-state index is 12.0. The van der Waals surface area contributed by atoms with E-state index >= 15 is 0 Å². The predicted molar refractivity (Wildman–Crippen MR) is 77.4 cm³/mol. The van der Waals surface area contributed by atoms with E-state index in [1.165, 1.54) is 0 Å². The topological polar surface area (TPSA) is 37.3 Å². The fourth-order valence-electron chi connectivity index (χ4n) is 1.86. The molecule has 4 nitrogen and oxygen atoms in total. The van der Waals surface area contributed by atoms with E-state index in [0.29, 0.717) is 12.1 Å². The number of hydrogen-bond acceptors (Lipinski definition) is 2. The van der Waals surface area contributed by atoms with Crippen LogP contribution in [-0.4, -0.2) is 24.6 Å². The highest BCUT2D eigenvalue weighted by atomic mass is 16.1. The zero-order valence-corrected chi connectivity index (χ0v) is 11.6. The van der Waals surface area contributed by atoms with Crippen molar-refractivity contribution in [3.05, 3.63) is 53.9 Å². The Hall–Kier alpha value is -2.23. The molecule has 0 fully saturated rings. The first kappa shape index (κ1) is 13.2. The van der Waals surface area contributed by atoms with Crippen LogP contribution in [0.4, 0.5) is 5.69 Å².